The number of carbonyl (C=O) groups excluding carboxylic acids is 1. The second-order valence-electron chi connectivity index (χ2n) is 4.72. The highest BCUT2D eigenvalue weighted by Crippen LogP contribution is 2.17. The van der Waals surface area contributed by atoms with Crippen LogP contribution in [0.2, 0.25) is 0 Å². The molecule has 0 aromatic carbocycles. The molecular formula is C12H18N2O3. The number of aliphatic hydroxyl groups is 1. The third kappa shape index (κ3) is 2.68. The van der Waals surface area contributed by atoms with Crippen LogP contribution in [0.4, 0.5) is 0 Å². The van der Waals surface area contributed by atoms with Gasteiger partial charge < -0.3 is 19.7 Å². The number of carbonyl (C=O) groups is 1. The van der Waals surface area contributed by atoms with E-state index in [4.69, 9.17) is 4.42 Å². The van der Waals surface area contributed by atoms with E-state index in [-0.39, 0.29) is 5.91 Å². The van der Waals surface area contributed by atoms with Crippen molar-refractivity contribution in [1.82, 2.24) is 10.2 Å². The van der Waals surface area contributed by atoms with E-state index in [9.17, 15) is 9.90 Å². The second kappa shape index (κ2) is 4.50. The van der Waals surface area contributed by atoms with Crippen LogP contribution in [0, 0.1) is 6.92 Å². The predicted octanol–water partition coefficient (Wildman–Crippen LogP) is 0.384. The summed E-state index contributed by atoms with van der Waals surface area (Å²) >= 11 is 0. The van der Waals surface area contributed by atoms with Crippen molar-refractivity contribution >= 4 is 5.91 Å². The van der Waals surface area contributed by atoms with E-state index in [1.807, 2.05) is 0 Å². The molecule has 2 N–H and O–H groups in total. The first kappa shape index (κ1) is 12.1. The Hall–Kier alpha value is -1.33. The SMILES string of the molecule is Cc1ccc(C(=O)N(C)CC2(O)CCNC2)o1. The van der Waals surface area contributed by atoms with Gasteiger partial charge in [-0.3, -0.25) is 4.79 Å². The number of hydrogen-bond donors (Lipinski definition) is 2. The normalized spacial score (nSPS) is 23.9. The van der Waals surface area contributed by atoms with Crippen molar-refractivity contribution in [2.45, 2.75) is 18.9 Å². The predicted molar refractivity (Wildman–Crippen MR) is 62.8 cm³/mol. The van der Waals surface area contributed by atoms with E-state index in [1.54, 1.807) is 26.1 Å². The van der Waals surface area contributed by atoms with Crippen molar-refractivity contribution in [2.75, 3.05) is 26.7 Å². The lowest BCUT2D eigenvalue weighted by atomic mass is 10.0. The Morgan fingerprint density at radius 3 is 2.94 bits per heavy atom. The molecule has 0 aliphatic carbocycles. The number of nitrogens with one attached hydrogen (secondary N) is 1. The van der Waals surface area contributed by atoms with E-state index >= 15 is 0 Å². The summed E-state index contributed by atoms with van der Waals surface area (Å²) < 4.78 is 5.28. The van der Waals surface area contributed by atoms with Crippen molar-refractivity contribution in [1.29, 1.82) is 0 Å². The highest BCUT2D eigenvalue weighted by Gasteiger charge is 2.34. The molecule has 1 saturated heterocycles. The Bertz CT molecular complexity index is 408. The number of hydrogen-bond acceptors (Lipinski definition) is 4. The Labute approximate surface area is 100 Å². The van der Waals surface area contributed by atoms with Crippen molar-refractivity contribution in [3.05, 3.63) is 23.7 Å². The summed E-state index contributed by atoms with van der Waals surface area (Å²) in [5, 5.41) is 13.3. The van der Waals surface area contributed by atoms with Crippen LogP contribution in [0.25, 0.3) is 0 Å². The Morgan fingerprint density at radius 1 is 1.65 bits per heavy atom. The Kier molecular flexibility index (Phi) is 3.22. The number of furan rings is 1. The van der Waals surface area contributed by atoms with Gasteiger partial charge in [0, 0.05) is 13.6 Å². The maximum Gasteiger partial charge on any atom is 0.289 e. The van der Waals surface area contributed by atoms with Crippen LogP contribution < -0.4 is 5.32 Å². The molecule has 2 rings (SSSR count). The number of likely N-dealkylation sites (N-methyl/N-ethyl adjacent to an activating group) is 1. The van der Waals surface area contributed by atoms with E-state index in [0.29, 0.717) is 31.0 Å². The highest BCUT2D eigenvalue weighted by atomic mass is 16.4. The zero-order valence-corrected chi connectivity index (χ0v) is 10.2. The maximum atomic E-state index is 12.0. The van der Waals surface area contributed by atoms with Gasteiger partial charge in [-0.1, -0.05) is 0 Å². The number of nitrogens with zero attached hydrogens (tertiary/aromatic N) is 1. The fourth-order valence-corrected chi connectivity index (χ4v) is 2.12. The first-order valence-electron chi connectivity index (χ1n) is 5.75. The fraction of sp³-hybridized carbons (Fsp3) is 0.583. The molecular weight excluding hydrogens is 220 g/mol. The van der Waals surface area contributed by atoms with Gasteiger partial charge in [0.15, 0.2) is 5.76 Å². The lowest BCUT2D eigenvalue weighted by molar-refractivity contribution is 0.0240. The molecule has 5 heteroatoms. The minimum absolute atomic E-state index is 0.196. The summed E-state index contributed by atoms with van der Waals surface area (Å²) in [5.41, 5.74) is -0.813. The average molecular weight is 238 g/mol. The van der Waals surface area contributed by atoms with Crippen molar-refractivity contribution in [2.24, 2.45) is 0 Å². The lowest BCUT2D eigenvalue weighted by Gasteiger charge is -2.27. The van der Waals surface area contributed by atoms with Crippen LogP contribution in [0.3, 0.4) is 0 Å². The molecule has 1 aromatic rings. The van der Waals surface area contributed by atoms with Crippen LogP contribution in [-0.2, 0) is 0 Å². The average Bonchev–Trinajstić information content (AvgIpc) is 2.86. The molecule has 1 fully saturated rings. The van der Waals surface area contributed by atoms with Crippen molar-refractivity contribution in [3.8, 4) is 0 Å². The van der Waals surface area contributed by atoms with E-state index < -0.39 is 5.60 Å². The zero-order valence-electron chi connectivity index (χ0n) is 10.2. The van der Waals surface area contributed by atoms with Crippen molar-refractivity contribution < 1.29 is 14.3 Å². The van der Waals surface area contributed by atoms with Crippen LogP contribution in [0.15, 0.2) is 16.5 Å². The minimum Gasteiger partial charge on any atom is -0.456 e. The topological polar surface area (TPSA) is 65.7 Å². The molecule has 94 valence electrons. The van der Waals surface area contributed by atoms with Crippen molar-refractivity contribution in [3.63, 3.8) is 0 Å². The summed E-state index contributed by atoms with van der Waals surface area (Å²) in [6.07, 6.45) is 0.668. The number of β-amino-alcohol motifs (C(OH)–C–C–N with tert-alkyl or cyclic N) is 1. The molecule has 1 aliphatic rings. The molecule has 0 saturated carbocycles. The van der Waals surface area contributed by atoms with Crippen LogP contribution >= 0.6 is 0 Å². The van der Waals surface area contributed by atoms with Gasteiger partial charge in [0.1, 0.15) is 5.76 Å². The Morgan fingerprint density at radius 2 is 2.41 bits per heavy atom. The zero-order chi connectivity index (χ0) is 12.5. The molecule has 1 aromatic heterocycles. The van der Waals surface area contributed by atoms with Gasteiger partial charge in [-0.15, -0.1) is 0 Å². The number of aryl methyl sites for hydroxylation is 1. The second-order valence-corrected chi connectivity index (χ2v) is 4.72. The first-order valence-corrected chi connectivity index (χ1v) is 5.75. The molecule has 1 aliphatic heterocycles. The maximum absolute atomic E-state index is 12.0. The van der Waals surface area contributed by atoms with Crippen LogP contribution in [0.5, 0.6) is 0 Å². The quantitative estimate of drug-likeness (QED) is 0.799. The molecule has 0 spiro atoms. The fourth-order valence-electron chi connectivity index (χ4n) is 2.12. The molecule has 1 amide bonds. The third-order valence-electron chi connectivity index (χ3n) is 3.05. The van der Waals surface area contributed by atoms with Gasteiger partial charge in [-0.05, 0) is 32.0 Å². The number of rotatable bonds is 3. The summed E-state index contributed by atoms with van der Waals surface area (Å²) in [6.45, 7) is 3.43. The van der Waals surface area contributed by atoms with Gasteiger partial charge in [-0.2, -0.15) is 0 Å². The molecule has 1 unspecified atom stereocenters. The summed E-state index contributed by atoms with van der Waals surface area (Å²) in [4.78, 5) is 13.5. The molecule has 0 radical (unpaired) electrons. The first-order chi connectivity index (χ1) is 8.00. The number of amides is 1. The third-order valence-corrected chi connectivity index (χ3v) is 3.05. The minimum atomic E-state index is -0.813. The van der Waals surface area contributed by atoms with Gasteiger partial charge in [0.25, 0.3) is 5.91 Å². The van der Waals surface area contributed by atoms with Gasteiger partial charge >= 0.3 is 0 Å². The Balaban J connectivity index is 2.00. The smallest absolute Gasteiger partial charge is 0.289 e. The van der Waals surface area contributed by atoms with E-state index in [1.165, 1.54) is 4.90 Å². The van der Waals surface area contributed by atoms with Gasteiger partial charge in [0.2, 0.25) is 0 Å². The summed E-state index contributed by atoms with van der Waals surface area (Å²) in [7, 11) is 1.68. The van der Waals surface area contributed by atoms with E-state index in [0.717, 1.165) is 6.54 Å². The summed E-state index contributed by atoms with van der Waals surface area (Å²) in [6, 6.07) is 3.41. The van der Waals surface area contributed by atoms with Gasteiger partial charge in [0.05, 0.1) is 12.1 Å². The molecule has 17 heavy (non-hydrogen) atoms. The van der Waals surface area contributed by atoms with Gasteiger partial charge in [-0.25, -0.2) is 0 Å². The largest absolute Gasteiger partial charge is 0.456 e. The molecule has 0 bridgehead atoms. The van der Waals surface area contributed by atoms with E-state index in [2.05, 4.69) is 5.32 Å². The standard InChI is InChI=1S/C12H18N2O3/c1-9-3-4-10(17-9)11(15)14(2)8-12(16)5-6-13-7-12/h3-4,13,16H,5-8H2,1-2H3. The lowest BCUT2D eigenvalue weighted by Crippen LogP contribution is -2.45. The molecule has 1 atom stereocenters. The molecule has 2 heterocycles. The molecule has 5 nitrogen and oxygen atoms in total. The van der Waals surface area contributed by atoms with Crippen LogP contribution in [0.1, 0.15) is 22.7 Å². The van der Waals surface area contributed by atoms with Crippen LogP contribution in [-0.4, -0.2) is 48.2 Å². The highest BCUT2D eigenvalue weighted by molar-refractivity contribution is 5.91. The summed E-state index contributed by atoms with van der Waals surface area (Å²) in [5.74, 6) is 0.834. The monoisotopic (exact) mass is 238 g/mol.